The summed E-state index contributed by atoms with van der Waals surface area (Å²) >= 11 is 1.62. The summed E-state index contributed by atoms with van der Waals surface area (Å²) < 4.78 is 5.11. The Bertz CT molecular complexity index is 683. The van der Waals surface area contributed by atoms with Crippen LogP contribution in [0, 0.1) is 0 Å². The third-order valence-corrected chi connectivity index (χ3v) is 5.18. The maximum absolute atomic E-state index is 12.5. The molecule has 1 heterocycles. The van der Waals surface area contributed by atoms with Gasteiger partial charge in [0.25, 0.3) is 5.91 Å². The van der Waals surface area contributed by atoms with E-state index in [0.717, 1.165) is 22.0 Å². The Morgan fingerprint density at radius 3 is 2.68 bits per heavy atom. The number of carbonyl (C=O) groups is 3. The zero-order valence-electron chi connectivity index (χ0n) is 16.1. The molecule has 4 amide bonds. The van der Waals surface area contributed by atoms with E-state index in [9.17, 15) is 19.5 Å². The van der Waals surface area contributed by atoms with Crippen LogP contribution in [0.1, 0.15) is 18.4 Å². The fourth-order valence-electron chi connectivity index (χ4n) is 2.90. The van der Waals surface area contributed by atoms with Crippen molar-refractivity contribution in [1.29, 1.82) is 0 Å². The van der Waals surface area contributed by atoms with Crippen molar-refractivity contribution in [3.05, 3.63) is 29.8 Å². The molecule has 1 aliphatic rings. The number of hydrogen-bond acceptors (Lipinski definition) is 6. The van der Waals surface area contributed by atoms with Crippen molar-refractivity contribution in [2.45, 2.75) is 31.3 Å². The monoisotopic (exact) mass is 409 g/mol. The highest BCUT2D eigenvalue weighted by atomic mass is 32.2. The number of ether oxygens (including phenoxy) is 1. The summed E-state index contributed by atoms with van der Waals surface area (Å²) in [5, 5.41) is 14.6. The van der Waals surface area contributed by atoms with E-state index in [4.69, 9.17) is 4.74 Å². The largest absolute Gasteiger partial charge is 0.497 e. The van der Waals surface area contributed by atoms with Crippen molar-refractivity contribution in [3.63, 3.8) is 0 Å². The maximum Gasteiger partial charge on any atom is 0.324 e. The summed E-state index contributed by atoms with van der Waals surface area (Å²) in [7, 11) is 1.59. The highest BCUT2D eigenvalue weighted by Crippen LogP contribution is 2.14. The molecule has 1 aliphatic heterocycles. The van der Waals surface area contributed by atoms with Gasteiger partial charge in [-0.2, -0.15) is 11.8 Å². The summed E-state index contributed by atoms with van der Waals surface area (Å²) in [6.45, 7) is 0.0767. The fourth-order valence-corrected chi connectivity index (χ4v) is 3.42. The molecule has 8 nitrogen and oxygen atoms in total. The first-order valence-corrected chi connectivity index (χ1v) is 10.5. The Balaban J connectivity index is 1.85. The van der Waals surface area contributed by atoms with E-state index in [0.29, 0.717) is 12.8 Å². The van der Waals surface area contributed by atoms with Crippen molar-refractivity contribution in [2.75, 3.05) is 32.3 Å². The van der Waals surface area contributed by atoms with Crippen LogP contribution in [0.25, 0.3) is 0 Å². The van der Waals surface area contributed by atoms with Gasteiger partial charge in [-0.05, 0) is 42.5 Å². The Morgan fingerprint density at radius 2 is 2.07 bits per heavy atom. The predicted molar refractivity (Wildman–Crippen MR) is 107 cm³/mol. The molecule has 0 aromatic heterocycles. The molecule has 2 atom stereocenters. The number of urea groups is 1. The summed E-state index contributed by atoms with van der Waals surface area (Å²) in [6, 6.07) is 5.70. The van der Waals surface area contributed by atoms with Crippen LogP contribution in [0.15, 0.2) is 24.3 Å². The number of carbonyl (C=O) groups excluding carboxylic acids is 3. The Labute approximate surface area is 169 Å². The molecule has 0 radical (unpaired) electrons. The minimum Gasteiger partial charge on any atom is -0.497 e. The van der Waals surface area contributed by atoms with Crippen molar-refractivity contribution >= 4 is 29.6 Å². The van der Waals surface area contributed by atoms with Gasteiger partial charge in [0, 0.05) is 6.54 Å². The lowest BCUT2D eigenvalue weighted by molar-refractivity contribution is -0.131. The molecule has 2 rings (SSSR count). The minimum absolute atomic E-state index is 0.140. The van der Waals surface area contributed by atoms with Crippen molar-refractivity contribution in [1.82, 2.24) is 15.5 Å². The molecule has 154 valence electrons. The molecule has 1 aromatic rings. The number of hydrogen-bond donors (Lipinski definition) is 3. The number of thioether (sulfide) groups is 1. The number of aliphatic hydroxyl groups excluding tert-OH is 1. The number of rotatable bonds is 11. The molecule has 0 aliphatic carbocycles. The maximum atomic E-state index is 12.5. The lowest BCUT2D eigenvalue weighted by Gasteiger charge is -2.17. The highest BCUT2D eigenvalue weighted by Gasteiger charge is 2.38. The van der Waals surface area contributed by atoms with Crippen LogP contribution >= 0.6 is 11.8 Å². The van der Waals surface area contributed by atoms with Crippen LogP contribution in [0.4, 0.5) is 4.79 Å². The molecule has 0 saturated carbocycles. The SMILES string of the molecule is COc1ccc(CCN2C(=O)N[C@@H](CC(=O)N[C@H](CO)CCSC)C2=O)cc1. The molecule has 0 spiro atoms. The molecular weight excluding hydrogens is 382 g/mol. The number of amides is 4. The van der Waals surface area contributed by atoms with E-state index in [1.807, 2.05) is 30.5 Å². The lowest BCUT2D eigenvalue weighted by atomic mass is 10.1. The van der Waals surface area contributed by atoms with Crippen molar-refractivity contribution in [2.24, 2.45) is 0 Å². The zero-order valence-corrected chi connectivity index (χ0v) is 17.0. The highest BCUT2D eigenvalue weighted by molar-refractivity contribution is 7.98. The fraction of sp³-hybridized carbons (Fsp3) is 0.526. The topological polar surface area (TPSA) is 108 Å². The van der Waals surface area contributed by atoms with Gasteiger partial charge in [-0.1, -0.05) is 12.1 Å². The van der Waals surface area contributed by atoms with Gasteiger partial charge in [0.15, 0.2) is 0 Å². The number of nitrogens with zero attached hydrogens (tertiary/aromatic N) is 1. The van der Waals surface area contributed by atoms with Crippen LogP contribution in [-0.4, -0.2) is 72.2 Å². The standard InChI is InChI=1S/C19H27N3O5S/c1-27-15-5-3-13(4-6-15)7-9-22-18(25)16(21-19(22)26)11-17(24)20-14(12-23)8-10-28-2/h3-6,14,16,23H,7-12H2,1-2H3,(H,20,24)(H,21,26)/t14-,16-/m0/s1. The summed E-state index contributed by atoms with van der Waals surface area (Å²) in [4.78, 5) is 37.9. The number of imide groups is 1. The first-order chi connectivity index (χ1) is 13.5. The van der Waals surface area contributed by atoms with E-state index >= 15 is 0 Å². The summed E-state index contributed by atoms with van der Waals surface area (Å²) in [6.07, 6.45) is 2.97. The molecule has 0 unspecified atom stereocenters. The Morgan fingerprint density at radius 1 is 1.36 bits per heavy atom. The van der Waals surface area contributed by atoms with Crippen molar-refractivity contribution in [3.8, 4) is 5.75 Å². The summed E-state index contributed by atoms with van der Waals surface area (Å²) in [5.74, 6) is 0.779. The van der Waals surface area contributed by atoms with Gasteiger partial charge in [0.1, 0.15) is 11.8 Å². The van der Waals surface area contributed by atoms with Crippen molar-refractivity contribution < 1.29 is 24.2 Å². The molecular formula is C19H27N3O5S. The van der Waals surface area contributed by atoms with Crippen LogP contribution in [-0.2, 0) is 16.0 Å². The molecule has 1 fully saturated rings. The van der Waals surface area contributed by atoms with Gasteiger partial charge in [0.2, 0.25) is 5.91 Å². The number of aliphatic hydroxyl groups is 1. The third-order valence-electron chi connectivity index (χ3n) is 4.54. The second kappa shape index (κ2) is 10.9. The molecule has 3 N–H and O–H groups in total. The van der Waals surface area contributed by atoms with E-state index in [1.54, 1.807) is 18.9 Å². The van der Waals surface area contributed by atoms with Gasteiger partial charge < -0.3 is 20.5 Å². The molecule has 9 heteroatoms. The predicted octanol–water partition coefficient (Wildman–Crippen LogP) is 0.778. The Hall–Kier alpha value is -2.26. The zero-order chi connectivity index (χ0) is 20.5. The lowest BCUT2D eigenvalue weighted by Crippen LogP contribution is -2.42. The third kappa shape index (κ3) is 6.13. The van der Waals surface area contributed by atoms with Gasteiger partial charge in [-0.25, -0.2) is 4.79 Å². The molecule has 1 aromatic carbocycles. The van der Waals surface area contributed by atoms with E-state index in [2.05, 4.69) is 10.6 Å². The van der Waals surface area contributed by atoms with Crippen LogP contribution < -0.4 is 15.4 Å². The normalized spacial score (nSPS) is 17.4. The first-order valence-electron chi connectivity index (χ1n) is 9.12. The quantitative estimate of drug-likeness (QED) is 0.466. The smallest absolute Gasteiger partial charge is 0.324 e. The van der Waals surface area contributed by atoms with Crippen LogP contribution in [0.5, 0.6) is 5.75 Å². The van der Waals surface area contributed by atoms with Gasteiger partial charge in [-0.3, -0.25) is 14.5 Å². The number of nitrogens with one attached hydrogen (secondary N) is 2. The molecule has 1 saturated heterocycles. The average Bonchev–Trinajstić information content (AvgIpc) is 2.96. The van der Waals surface area contributed by atoms with Crippen LogP contribution in [0.3, 0.4) is 0 Å². The molecule has 28 heavy (non-hydrogen) atoms. The van der Waals surface area contributed by atoms with Gasteiger partial charge in [-0.15, -0.1) is 0 Å². The van der Waals surface area contributed by atoms with E-state index in [1.165, 1.54) is 0 Å². The number of benzene rings is 1. The Kier molecular flexibility index (Phi) is 8.59. The van der Waals surface area contributed by atoms with E-state index < -0.39 is 18.0 Å². The average molecular weight is 410 g/mol. The number of methoxy groups -OCH3 is 1. The first kappa shape index (κ1) is 22.0. The minimum atomic E-state index is -0.872. The second-order valence-corrected chi connectivity index (χ2v) is 7.51. The van der Waals surface area contributed by atoms with E-state index in [-0.39, 0.29) is 31.5 Å². The summed E-state index contributed by atoms with van der Waals surface area (Å²) in [5.41, 5.74) is 0.974. The van der Waals surface area contributed by atoms with Gasteiger partial charge >= 0.3 is 6.03 Å². The second-order valence-electron chi connectivity index (χ2n) is 6.52. The van der Waals surface area contributed by atoms with Crippen LogP contribution in [0.2, 0.25) is 0 Å². The van der Waals surface area contributed by atoms with Gasteiger partial charge in [0.05, 0.1) is 26.2 Å². The molecule has 0 bridgehead atoms.